The third-order valence-electron chi connectivity index (χ3n) is 4.02. The Morgan fingerprint density at radius 2 is 1.83 bits per heavy atom. The average molecular weight is 346 g/mol. The number of sulfonamides is 1. The van der Waals surface area contributed by atoms with Crippen molar-refractivity contribution in [1.82, 2.24) is 0 Å². The van der Waals surface area contributed by atoms with Gasteiger partial charge in [0.25, 0.3) is 10.0 Å². The van der Waals surface area contributed by atoms with Crippen molar-refractivity contribution < 1.29 is 17.9 Å². The molecule has 0 aliphatic carbocycles. The summed E-state index contributed by atoms with van der Waals surface area (Å²) in [5, 5.41) is 0. The first-order valence-electron chi connectivity index (χ1n) is 7.48. The number of hydrogen-bond acceptors (Lipinski definition) is 4. The van der Waals surface area contributed by atoms with Crippen LogP contribution in [0.5, 0.6) is 5.75 Å². The van der Waals surface area contributed by atoms with Gasteiger partial charge in [0.2, 0.25) is 5.91 Å². The van der Waals surface area contributed by atoms with Gasteiger partial charge in [-0.25, -0.2) is 8.42 Å². The Labute approximate surface area is 141 Å². The molecule has 1 heterocycles. The van der Waals surface area contributed by atoms with Crippen LogP contribution in [0.1, 0.15) is 6.42 Å². The molecule has 0 fully saturated rings. The molecule has 6 nitrogen and oxygen atoms in total. The molecule has 0 aromatic heterocycles. The Morgan fingerprint density at radius 3 is 2.54 bits per heavy atom. The van der Waals surface area contributed by atoms with E-state index in [1.54, 1.807) is 37.4 Å². The quantitative estimate of drug-likeness (QED) is 0.855. The summed E-state index contributed by atoms with van der Waals surface area (Å²) < 4.78 is 32.5. The Hall–Kier alpha value is -2.54. The lowest BCUT2D eigenvalue weighted by Gasteiger charge is -2.22. The number of nitrogens with zero attached hydrogens (tertiary/aromatic N) is 2. The van der Waals surface area contributed by atoms with Crippen molar-refractivity contribution in [2.45, 2.75) is 11.3 Å². The molecule has 0 saturated carbocycles. The zero-order valence-corrected chi connectivity index (χ0v) is 14.3. The van der Waals surface area contributed by atoms with E-state index in [2.05, 4.69) is 0 Å². The maximum Gasteiger partial charge on any atom is 0.264 e. The standard InChI is InChI=1S/C17H18N2O4S/c1-18-15-12-14(8-9-16(15)23-11-10-17(18)20)24(21,22)19(2)13-6-4-3-5-7-13/h3-9,12H,10-11H2,1-2H3. The minimum Gasteiger partial charge on any atom is -0.491 e. The van der Waals surface area contributed by atoms with Crippen LogP contribution < -0.4 is 13.9 Å². The largest absolute Gasteiger partial charge is 0.491 e. The van der Waals surface area contributed by atoms with Crippen LogP contribution in [0.2, 0.25) is 0 Å². The highest BCUT2D eigenvalue weighted by molar-refractivity contribution is 7.92. The van der Waals surface area contributed by atoms with Gasteiger partial charge in [-0.1, -0.05) is 18.2 Å². The third-order valence-corrected chi connectivity index (χ3v) is 5.80. The van der Waals surface area contributed by atoms with Crippen LogP contribution in [0.3, 0.4) is 0 Å². The van der Waals surface area contributed by atoms with Crippen molar-refractivity contribution in [3.05, 3.63) is 48.5 Å². The first-order chi connectivity index (χ1) is 11.4. The Kier molecular flexibility index (Phi) is 4.19. The van der Waals surface area contributed by atoms with Gasteiger partial charge in [0.1, 0.15) is 5.75 Å². The molecule has 0 unspecified atom stereocenters. The Balaban J connectivity index is 2.04. The molecule has 3 rings (SSSR count). The number of anilines is 2. The Morgan fingerprint density at radius 1 is 1.12 bits per heavy atom. The second-order valence-electron chi connectivity index (χ2n) is 5.49. The maximum atomic E-state index is 12.9. The molecule has 0 N–H and O–H groups in total. The van der Waals surface area contributed by atoms with Gasteiger partial charge < -0.3 is 9.64 Å². The molecule has 1 aliphatic rings. The highest BCUT2D eigenvalue weighted by Crippen LogP contribution is 2.34. The molecular formula is C17H18N2O4S. The van der Waals surface area contributed by atoms with E-state index in [0.29, 0.717) is 17.1 Å². The van der Waals surface area contributed by atoms with E-state index in [4.69, 9.17) is 4.74 Å². The summed E-state index contributed by atoms with van der Waals surface area (Å²) in [4.78, 5) is 13.5. The lowest BCUT2D eigenvalue weighted by atomic mass is 10.2. The van der Waals surface area contributed by atoms with Crippen LogP contribution in [0, 0.1) is 0 Å². The molecule has 24 heavy (non-hydrogen) atoms. The van der Waals surface area contributed by atoms with E-state index in [9.17, 15) is 13.2 Å². The highest BCUT2D eigenvalue weighted by atomic mass is 32.2. The zero-order valence-electron chi connectivity index (χ0n) is 13.5. The zero-order chi connectivity index (χ0) is 17.3. The van der Waals surface area contributed by atoms with Crippen molar-refractivity contribution in [2.75, 3.05) is 29.9 Å². The van der Waals surface area contributed by atoms with E-state index in [1.807, 2.05) is 6.07 Å². The first-order valence-corrected chi connectivity index (χ1v) is 8.92. The minimum absolute atomic E-state index is 0.109. The Bertz CT molecular complexity index is 865. The van der Waals surface area contributed by atoms with Gasteiger partial charge in [-0.15, -0.1) is 0 Å². The van der Waals surface area contributed by atoms with Crippen LogP contribution >= 0.6 is 0 Å². The van der Waals surface area contributed by atoms with E-state index >= 15 is 0 Å². The third kappa shape index (κ3) is 2.82. The van der Waals surface area contributed by atoms with Gasteiger partial charge in [0, 0.05) is 14.1 Å². The maximum absolute atomic E-state index is 12.9. The molecule has 0 bridgehead atoms. The number of rotatable bonds is 3. The van der Waals surface area contributed by atoms with E-state index in [0.717, 1.165) is 0 Å². The monoisotopic (exact) mass is 346 g/mol. The summed E-state index contributed by atoms with van der Waals surface area (Å²) in [5.74, 6) is 0.393. The lowest BCUT2D eigenvalue weighted by Crippen LogP contribution is -2.28. The molecule has 0 radical (unpaired) electrons. The number of benzene rings is 2. The summed E-state index contributed by atoms with van der Waals surface area (Å²) >= 11 is 0. The number of fused-ring (bicyclic) bond motifs is 1. The summed E-state index contributed by atoms with van der Waals surface area (Å²) in [5.41, 5.74) is 1.02. The fraction of sp³-hybridized carbons (Fsp3) is 0.235. The van der Waals surface area contributed by atoms with Crippen molar-refractivity contribution in [2.24, 2.45) is 0 Å². The van der Waals surface area contributed by atoms with E-state index in [-0.39, 0.29) is 23.8 Å². The summed E-state index contributed by atoms with van der Waals surface area (Å²) in [7, 11) is -0.619. The first kappa shape index (κ1) is 16.3. The van der Waals surface area contributed by atoms with E-state index < -0.39 is 10.0 Å². The van der Waals surface area contributed by atoms with E-state index in [1.165, 1.54) is 28.4 Å². The molecule has 126 valence electrons. The van der Waals surface area contributed by atoms with Crippen molar-refractivity contribution in [3.63, 3.8) is 0 Å². The molecular weight excluding hydrogens is 328 g/mol. The molecule has 2 aromatic carbocycles. The van der Waals surface area contributed by atoms with Crippen molar-refractivity contribution in [1.29, 1.82) is 0 Å². The van der Waals surface area contributed by atoms with Gasteiger partial charge in [-0.3, -0.25) is 9.10 Å². The van der Waals surface area contributed by atoms with Gasteiger partial charge in [-0.05, 0) is 30.3 Å². The van der Waals surface area contributed by atoms with Crippen LogP contribution in [-0.4, -0.2) is 35.0 Å². The molecule has 1 aliphatic heterocycles. The number of hydrogen-bond donors (Lipinski definition) is 0. The molecule has 0 atom stereocenters. The number of para-hydroxylation sites is 1. The molecule has 2 aromatic rings. The summed E-state index contributed by atoms with van der Waals surface area (Å²) in [6, 6.07) is 13.4. The van der Waals surface area contributed by atoms with Crippen molar-refractivity contribution in [3.8, 4) is 5.75 Å². The molecule has 0 saturated heterocycles. The smallest absolute Gasteiger partial charge is 0.264 e. The normalized spacial score (nSPS) is 14.6. The second kappa shape index (κ2) is 6.16. The second-order valence-corrected chi connectivity index (χ2v) is 7.46. The van der Waals surface area contributed by atoms with Crippen LogP contribution in [0.4, 0.5) is 11.4 Å². The molecule has 1 amide bonds. The highest BCUT2D eigenvalue weighted by Gasteiger charge is 2.26. The lowest BCUT2D eigenvalue weighted by molar-refractivity contribution is -0.118. The van der Waals surface area contributed by atoms with Crippen LogP contribution in [0.25, 0.3) is 0 Å². The number of ether oxygens (including phenoxy) is 1. The van der Waals surface area contributed by atoms with Gasteiger partial charge >= 0.3 is 0 Å². The SMILES string of the molecule is CN1C(=O)CCOc2ccc(S(=O)(=O)N(C)c3ccccc3)cc21. The summed E-state index contributed by atoms with van der Waals surface area (Å²) in [6.07, 6.45) is 0.261. The predicted molar refractivity (Wildman–Crippen MR) is 92.0 cm³/mol. The van der Waals surface area contributed by atoms with Gasteiger partial charge in [0.15, 0.2) is 0 Å². The fourth-order valence-electron chi connectivity index (χ4n) is 2.53. The fourth-order valence-corrected chi connectivity index (χ4v) is 3.74. The van der Waals surface area contributed by atoms with Crippen molar-refractivity contribution >= 4 is 27.3 Å². The minimum atomic E-state index is -3.74. The van der Waals surface area contributed by atoms with Crippen LogP contribution in [0.15, 0.2) is 53.4 Å². The number of carbonyl (C=O) groups is 1. The van der Waals surface area contributed by atoms with Crippen LogP contribution in [-0.2, 0) is 14.8 Å². The number of amides is 1. The van der Waals surface area contributed by atoms with Gasteiger partial charge in [-0.2, -0.15) is 0 Å². The molecule has 0 spiro atoms. The molecule has 7 heteroatoms. The average Bonchev–Trinajstić information content (AvgIpc) is 2.74. The summed E-state index contributed by atoms with van der Waals surface area (Å²) in [6.45, 7) is 0.284. The number of carbonyl (C=O) groups excluding carboxylic acids is 1. The van der Waals surface area contributed by atoms with Gasteiger partial charge in [0.05, 0.1) is 29.3 Å². The predicted octanol–water partition coefficient (Wildman–Crippen LogP) is 2.26. The topological polar surface area (TPSA) is 66.9 Å².